The summed E-state index contributed by atoms with van der Waals surface area (Å²) in [6, 6.07) is 27.2. The van der Waals surface area contributed by atoms with E-state index in [4.69, 9.17) is 4.42 Å². The summed E-state index contributed by atoms with van der Waals surface area (Å²) in [7, 11) is 0. The highest BCUT2D eigenvalue weighted by Gasteiger charge is 2.33. The van der Waals surface area contributed by atoms with Gasteiger partial charge in [-0.3, -0.25) is 4.79 Å². The quantitative estimate of drug-likeness (QED) is 0.251. The lowest BCUT2D eigenvalue weighted by Crippen LogP contribution is -2.41. The lowest BCUT2D eigenvalue weighted by atomic mass is 9.85. The summed E-state index contributed by atoms with van der Waals surface area (Å²) in [5, 5.41) is 23.4. The van der Waals surface area contributed by atoms with E-state index in [0.29, 0.717) is 28.2 Å². The first-order valence-electron chi connectivity index (χ1n) is 13.2. The lowest BCUT2D eigenvalue weighted by Gasteiger charge is -2.39. The van der Waals surface area contributed by atoms with E-state index in [9.17, 15) is 15.1 Å². The molecule has 0 aliphatic carbocycles. The molecule has 0 saturated heterocycles. The maximum atomic E-state index is 13.8. The second-order valence-corrected chi connectivity index (χ2v) is 10.5. The van der Waals surface area contributed by atoms with Crippen molar-refractivity contribution in [2.75, 3.05) is 6.54 Å². The van der Waals surface area contributed by atoms with Crippen LogP contribution in [0.25, 0.3) is 11.0 Å². The molecule has 39 heavy (non-hydrogen) atoms. The molecular weight excluding hydrogens is 488 g/mol. The van der Waals surface area contributed by atoms with Crippen molar-refractivity contribution in [2.24, 2.45) is 0 Å². The molecule has 0 saturated carbocycles. The van der Waals surface area contributed by atoms with E-state index in [1.54, 1.807) is 25.1 Å². The number of nitrogens with zero attached hydrogens (tertiary/aromatic N) is 2. The number of fused-ring (bicyclic) bond motifs is 2. The van der Waals surface area contributed by atoms with E-state index < -0.39 is 5.60 Å². The van der Waals surface area contributed by atoms with Gasteiger partial charge in [0.2, 0.25) is 5.91 Å². The van der Waals surface area contributed by atoms with Crippen LogP contribution in [0.3, 0.4) is 0 Å². The van der Waals surface area contributed by atoms with E-state index in [1.807, 2.05) is 41.3 Å². The van der Waals surface area contributed by atoms with Gasteiger partial charge in [0.15, 0.2) is 12.4 Å². The summed E-state index contributed by atoms with van der Waals surface area (Å²) < 4.78 is 6.66. The molecule has 1 aliphatic rings. The minimum Gasteiger partial charge on any atom is -0.619 e. The number of aryl methyl sites for hydroxylation is 1. The topological polar surface area (TPSA) is 80.6 Å². The Morgan fingerprint density at radius 2 is 1.82 bits per heavy atom. The second-order valence-electron chi connectivity index (χ2n) is 10.5. The number of pyridine rings is 1. The molecule has 6 nitrogen and oxygen atoms in total. The summed E-state index contributed by atoms with van der Waals surface area (Å²) in [5.41, 5.74) is 5.49. The molecule has 0 bridgehead atoms. The number of aromatic nitrogens is 1. The van der Waals surface area contributed by atoms with Gasteiger partial charge in [0.1, 0.15) is 16.9 Å². The normalized spacial score (nSPS) is 16.6. The van der Waals surface area contributed by atoms with Crippen LogP contribution in [-0.2, 0) is 23.2 Å². The van der Waals surface area contributed by atoms with Crippen molar-refractivity contribution in [2.45, 2.75) is 38.3 Å². The Morgan fingerprint density at radius 1 is 1.05 bits per heavy atom. The molecule has 196 valence electrons. The Hall–Kier alpha value is -4.42. The number of benzene rings is 3. The van der Waals surface area contributed by atoms with Crippen molar-refractivity contribution in [3.8, 4) is 0 Å². The number of hydrogen-bond acceptors (Lipinski definition) is 4. The molecule has 2 unspecified atom stereocenters. The number of carbonyl (C=O) groups excluding carboxylic acids is 1. The molecule has 5 aromatic rings. The third kappa shape index (κ3) is 4.57. The van der Waals surface area contributed by atoms with Gasteiger partial charge in [-0.05, 0) is 66.3 Å². The van der Waals surface area contributed by atoms with Crippen LogP contribution in [-0.4, -0.2) is 22.5 Å². The van der Waals surface area contributed by atoms with E-state index >= 15 is 0 Å². The van der Waals surface area contributed by atoms with Crippen LogP contribution < -0.4 is 4.73 Å². The van der Waals surface area contributed by atoms with E-state index in [0.717, 1.165) is 22.9 Å². The fourth-order valence-corrected chi connectivity index (χ4v) is 5.73. The van der Waals surface area contributed by atoms with Gasteiger partial charge in [-0.2, -0.15) is 4.73 Å². The zero-order valence-corrected chi connectivity index (χ0v) is 22.0. The maximum Gasteiger partial charge on any atom is 0.227 e. The zero-order valence-electron chi connectivity index (χ0n) is 22.0. The Balaban J connectivity index is 1.29. The largest absolute Gasteiger partial charge is 0.619 e. The lowest BCUT2D eigenvalue weighted by molar-refractivity contribution is -0.605. The molecule has 3 aromatic carbocycles. The molecule has 1 amide bonds. The fraction of sp³-hybridized carbons (Fsp3) is 0.212. The SMILES string of the molecule is Cc1cccc2c1C(c1ccccc1)N(C(=O)Cc1ccc3oc(C(C)(O)c4cc[n+]([O-])cc4)cc3c1)CC2. The van der Waals surface area contributed by atoms with Crippen molar-refractivity contribution in [1.82, 2.24) is 4.90 Å². The average Bonchev–Trinajstić information content (AvgIpc) is 3.38. The Bertz CT molecular complexity index is 1660. The number of aliphatic hydroxyl groups is 1. The van der Waals surface area contributed by atoms with Crippen molar-refractivity contribution in [3.63, 3.8) is 0 Å². The summed E-state index contributed by atoms with van der Waals surface area (Å²) in [5.74, 6) is 0.444. The van der Waals surface area contributed by atoms with Crippen LogP contribution in [0, 0.1) is 12.1 Å². The number of furan rings is 1. The molecule has 1 aliphatic heterocycles. The predicted molar refractivity (Wildman–Crippen MR) is 149 cm³/mol. The third-order valence-corrected chi connectivity index (χ3v) is 7.84. The first kappa shape index (κ1) is 24.9. The zero-order chi connectivity index (χ0) is 27.1. The van der Waals surface area contributed by atoms with Gasteiger partial charge >= 0.3 is 0 Å². The van der Waals surface area contributed by atoms with Gasteiger partial charge in [-0.15, -0.1) is 0 Å². The van der Waals surface area contributed by atoms with Crippen LogP contribution in [0.15, 0.2) is 102 Å². The van der Waals surface area contributed by atoms with Gasteiger partial charge < -0.3 is 19.6 Å². The molecular formula is C33H30N2O4. The van der Waals surface area contributed by atoms with Gasteiger partial charge in [-0.1, -0.05) is 54.6 Å². The van der Waals surface area contributed by atoms with Crippen molar-refractivity contribution >= 4 is 16.9 Å². The van der Waals surface area contributed by atoms with Crippen LogP contribution in [0.2, 0.25) is 0 Å². The van der Waals surface area contributed by atoms with E-state index in [2.05, 4.69) is 37.3 Å². The van der Waals surface area contributed by atoms with Crippen molar-refractivity contribution in [1.29, 1.82) is 0 Å². The highest BCUT2D eigenvalue weighted by molar-refractivity contribution is 5.84. The fourth-order valence-electron chi connectivity index (χ4n) is 5.73. The van der Waals surface area contributed by atoms with E-state index in [1.165, 1.54) is 29.1 Å². The maximum absolute atomic E-state index is 13.8. The predicted octanol–water partition coefficient (Wildman–Crippen LogP) is 5.35. The number of carbonyl (C=O) groups is 1. The summed E-state index contributed by atoms with van der Waals surface area (Å²) in [6.45, 7) is 4.42. The molecule has 2 atom stereocenters. The Morgan fingerprint density at radius 3 is 2.59 bits per heavy atom. The Labute approximate surface area is 227 Å². The molecule has 6 heteroatoms. The molecule has 6 rings (SSSR count). The van der Waals surface area contributed by atoms with Gasteiger partial charge in [-0.25, -0.2) is 0 Å². The average molecular weight is 519 g/mol. The second kappa shape index (κ2) is 9.71. The number of rotatable bonds is 5. The first-order chi connectivity index (χ1) is 18.8. The molecule has 0 spiro atoms. The van der Waals surface area contributed by atoms with Gasteiger partial charge in [0.25, 0.3) is 0 Å². The summed E-state index contributed by atoms with van der Waals surface area (Å²) >= 11 is 0. The van der Waals surface area contributed by atoms with Gasteiger partial charge in [0.05, 0.1) is 12.5 Å². The third-order valence-electron chi connectivity index (χ3n) is 7.84. The van der Waals surface area contributed by atoms with Crippen LogP contribution in [0.4, 0.5) is 0 Å². The molecule has 0 fully saturated rings. The van der Waals surface area contributed by atoms with Crippen LogP contribution in [0.5, 0.6) is 0 Å². The summed E-state index contributed by atoms with van der Waals surface area (Å²) in [4.78, 5) is 15.8. The van der Waals surface area contributed by atoms with Crippen molar-refractivity contribution in [3.05, 3.63) is 142 Å². The highest BCUT2D eigenvalue weighted by Crippen LogP contribution is 2.38. The minimum absolute atomic E-state index is 0.0722. The number of hydrogen-bond donors (Lipinski definition) is 1. The Kier molecular flexibility index (Phi) is 6.20. The smallest absolute Gasteiger partial charge is 0.227 e. The number of amides is 1. The molecule has 0 radical (unpaired) electrons. The molecule has 1 N–H and O–H groups in total. The standard InChI is InChI=1S/C33H30N2O4/c1-22-7-6-10-24-13-18-35(32(31(22)24)25-8-4-3-5-9-25)30(36)20-23-11-12-28-26(19-23)21-29(39-28)33(2,37)27-14-16-34(38)17-15-27/h3-12,14-17,19,21,32,37H,13,18,20H2,1-2H3. The molecule has 3 heterocycles. The monoisotopic (exact) mass is 518 g/mol. The van der Waals surface area contributed by atoms with Gasteiger partial charge in [0, 0.05) is 29.6 Å². The highest BCUT2D eigenvalue weighted by atomic mass is 16.5. The molecule has 2 aromatic heterocycles. The van der Waals surface area contributed by atoms with E-state index in [-0.39, 0.29) is 18.4 Å². The summed E-state index contributed by atoms with van der Waals surface area (Å²) in [6.07, 6.45) is 3.79. The van der Waals surface area contributed by atoms with Crippen LogP contribution >= 0.6 is 0 Å². The van der Waals surface area contributed by atoms with Crippen LogP contribution in [0.1, 0.15) is 52.1 Å². The van der Waals surface area contributed by atoms with Crippen molar-refractivity contribution < 1.29 is 19.0 Å². The first-order valence-corrected chi connectivity index (χ1v) is 13.2. The minimum atomic E-state index is -1.41.